The number of ether oxygens (including phenoxy) is 1. The van der Waals surface area contributed by atoms with E-state index in [1.165, 1.54) is 24.0 Å². The Morgan fingerprint density at radius 3 is 2.92 bits per heavy atom. The highest BCUT2D eigenvalue weighted by Gasteiger charge is 2.26. The molecule has 0 aliphatic rings. The summed E-state index contributed by atoms with van der Waals surface area (Å²) in [6, 6.07) is 1.52. The highest BCUT2D eigenvalue weighted by Crippen LogP contribution is 2.15. The highest BCUT2D eigenvalue weighted by molar-refractivity contribution is 7.99. The number of alkyl halides is 3. The van der Waals surface area contributed by atoms with Crippen LogP contribution in [0, 0.1) is 6.92 Å². The van der Waals surface area contributed by atoms with Gasteiger partial charge in [0.15, 0.2) is 5.96 Å². The van der Waals surface area contributed by atoms with Crippen LogP contribution in [0.2, 0.25) is 0 Å². The number of guanidine groups is 1. The zero-order chi connectivity index (χ0) is 19.0. The Bertz CT molecular complexity index is 736. The van der Waals surface area contributed by atoms with Crippen molar-refractivity contribution in [3.63, 3.8) is 0 Å². The summed E-state index contributed by atoms with van der Waals surface area (Å²) in [5.74, 6) is 1.28. The molecule has 0 saturated carbocycles. The molecule has 2 rings (SSSR count). The lowest BCUT2D eigenvalue weighted by molar-refractivity contribution is -0.118. The van der Waals surface area contributed by atoms with Crippen molar-refractivity contribution in [1.29, 1.82) is 0 Å². The molecule has 2 aromatic heterocycles. The molecule has 26 heavy (non-hydrogen) atoms. The number of aromatic nitrogens is 5. The molecule has 142 valence electrons. The van der Waals surface area contributed by atoms with E-state index in [9.17, 15) is 13.2 Å². The fourth-order valence-corrected chi connectivity index (χ4v) is 2.35. The van der Waals surface area contributed by atoms with E-state index >= 15 is 0 Å². The predicted octanol–water partition coefficient (Wildman–Crippen LogP) is 1.75. The number of nitrogens with one attached hydrogen (secondary N) is 2. The van der Waals surface area contributed by atoms with E-state index in [-0.39, 0.29) is 11.8 Å². The molecule has 0 fully saturated rings. The molecule has 0 spiro atoms. The summed E-state index contributed by atoms with van der Waals surface area (Å²) in [6.45, 7) is 0.805. The number of nitrogens with zero attached hydrogens (tertiary/aromatic N) is 5. The number of thioether (sulfide) groups is 1. The van der Waals surface area contributed by atoms with Crippen LogP contribution in [0.5, 0.6) is 6.01 Å². The number of hydrogen-bond acceptors (Lipinski definition) is 7. The van der Waals surface area contributed by atoms with Crippen LogP contribution in [0.25, 0.3) is 0 Å². The molecule has 2 heterocycles. The van der Waals surface area contributed by atoms with Gasteiger partial charge in [0.2, 0.25) is 5.16 Å². The van der Waals surface area contributed by atoms with E-state index in [0.29, 0.717) is 18.2 Å². The Hall–Kier alpha value is -2.57. The number of H-pyrrole nitrogens is 1. The minimum absolute atomic E-state index is 0.0809. The average molecular weight is 390 g/mol. The van der Waals surface area contributed by atoms with Crippen LogP contribution in [-0.4, -0.2) is 56.2 Å². The lowest BCUT2D eigenvalue weighted by atomic mass is 10.5. The van der Waals surface area contributed by atoms with Gasteiger partial charge < -0.3 is 15.8 Å². The standard InChI is InChI=1S/C13H17F3N8OS/c1-8-20-12(24-23-8)26-6-2-5-25-11-18-4-3-9(22-11)21-10(17)19-7-13(14,15)16/h3-4H,2,5-7H2,1H3,(H,20,23,24)(H3,17,18,19,21,22). The van der Waals surface area contributed by atoms with Gasteiger partial charge in [-0.15, -0.1) is 5.10 Å². The molecular formula is C13H17F3N8OS. The number of rotatable bonds is 8. The molecule has 4 N–H and O–H groups in total. The van der Waals surface area contributed by atoms with Crippen molar-refractivity contribution >= 4 is 23.5 Å². The van der Waals surface area contributed by atoms with Gasteiger partial charge in [0, 0.05) is 11.9 Å². The second kappa shape index (κ2) is 9.22. The molecule has 0 atom stereocenters. The van der Waals surface area contributed by atoms with Gasteiger partial charge in [0.05, 0.1) is 6.61 Å². The van der Waals surface area contributed by atoms with Crippen LogP contribution >= 0.6 is 11.8 Å². The molecule has 0 radical (unpaired) electrons. The summed E-state index contributed by atoms with van der Waals surface area (Å²) in [5.41, 5.74) is 5.38. The molecule has 13 heteroatoms. The second-order valence-electron chi connectivity index (χ2n) is 4.92. The van der Waals surface area contributed by atoms with Gasteiger partial charge in [0.1, 0.15) is 18.2 Å². The molecular weight excluding hydrogens is 373 g/mol. The number of nitrogens with two attached hydrogens (primary N) is 1. The molecule has 0 saturated heterocycles. The van der Waals surface area contributed by atoms with Crippen LogP contribution in [0.1, 0.15) is 12.2 Å². The molecule has 0 aliphatic carbocycles. The van der Waals surface area contributed by atoms with Crippen molar-refractivity contribution in [3.8, 4) is 6.01 Å². The fraction of sp³-hybridized carbons (Fsp3) is 0.462. The minimum atomic E-state index is -4.42. The van der Waals surface area contributed by atoms with E-state index < -0.39 is 18.7 Å². The van der Waals surface area contributed by atoms with Crippen molar-refractivity contribution in [1.82, 2.24) is 25.1 Å². The molecule has 2 aromatic rings. The Morgan fingerprint density at radius 2 is 2.23 bits per heavy atom. The van der Waals surface area contributed by atoms with Crippen LogP contribution < -0.4 is 15.8 Å². The van der Waals surface area contributed by atoms with Crippen molar-refractivity contribution in [2.45, 2.75) is 24.7 Å². The summed E-state index contributed by atoms with van der Waals surface area (Å²) in [7, 11) is 0. The SMILES string of the molecule is Cc1nc(SCCCOc2nccc(NC(N)=NCC(F)(F)F)n2)n[nH]1. The first-order valence-electron chi connectivity index (χ1n) is 7.43. The molecule has 9 nitrogen and oxygen atoms in total. The maximum atomic E-state index is 12.1. The maximum Gasteiger partial charge on any atom is 0.408 e. The molecule has 0 amide bonds. The Labute approximate surface area is 151 Å². The zero-order valence-electron chi connectivity index (χ0n) is 13.7. The highest BCUT2D eigenvalue weighted by atomic mass is 32.2. The van der Waals surface area contributed by atoms with E-state index in [2.05, 4.69) is 35.5 Å². The quantitative estimate of drug-likeness (QED) is 0.269. The first-order chi connectivity index (χ1) is 12.3. The third-order valence-electron chi connectivity index (χ3n) is 2.65. The number of aryl methyl sites for hydroxylation is 1. The van der Waals surface area contributed by atoms with Gasteiger partial charge in [-0.1, -0.05) is 11.8 Å². The number of hydrogen-bond donors (Lipinski definition) is 3. The van der Waals surface area contributed by atoms with Crippen LogP contribution in [-0.2, 0) is 0 Å². The molecule has 0 aliphatic heterocycles. The van der Waals surface area contributed by atoms with Gasteiger partial charge in [-0.05, 0) is 19.4 Å². The van der Waals surface area contributed by atoms with E-state index in [1.54, 1.807) is 0 Å². The summed E-state index contributed by atoms with van der Waals surface area (Å²) >= 11 is 1.48. The number of aromatic amines is 1. The van der Waals surface area contributed by atoms with Crippen molar-refractivity contribution < 1.29 is 17.9 Å². The monoisotopic (exact) mass is 390 g/mol. The smallest absolute Gasteiger partial charge is 0.408 e. The van der Waals surface area contributed by atoms with Crippen LogP contribution in [0.4, 0.5) is 19.0 Å². The lowest BCUT2D eigenvalue weighted by Crippen LogP contribution is -2.26. The first-order valence-corrected chi connectivity index (χ1v) is 8.42. The molecule has 0 unspecified atom stereocenters. The van der Waals surface area contributed by atoms with Crippen LogP contribution in [0.3, 0.4) is 0 Å². The summed E-state index contributed by atoms with van der Waals surface area (Å²) in [6.07, 6.45) is -2.32. The van der Waals surface area contributed by atoms with Crippen LogP contribution in [0.15, 0.2) is 22.4 Å². The maximum absolute atomic E-state index is 12.1. The topological polar surface area (TPSA) is 127 Å². The van der Waals surface area contributed by atoms with Crippen molar-refractivity contribution in [3.05, 3.63) is 18.1 Å². The van der Waals surface area contributed by atoms with E-state index in [0.717, 1.165) is 11.6 Å². The average Bonchev–Trinajstić information content (AvgIpc) is 2.98. The summed E-state index contributed by atoms with van der Waals surface area (Å²) in [4.78, 5) is 15.3. The molecule has 0 bridgehead atoms. The third kappa shape index (κ3) is 7.55. The largest absolute Gasteiger partial charge is 0.463 e. The number of anilines is 1. The number of halogens is 3. The summed E-state index contributed by atoms with van der Waals surface area (Å²) in [5, 5.41) is 9.87. The molecule has 0 aromatic carbocycles. The second-order valence-corrected chi connectivity index (χ2v) is 5.98. The van der Waals surface area contributed by atoms with Gasteiger partial charge in [-0.25, -0.2) is 15.0 Å². The number of aliphatic imine (C=N–C) groups is 1. The Kier molecular flexibility index (Phi) is 7.00. The zero-order valence-corrected chi connectivity index (χ0v) is 14.6. The van der Waals surface area contributed by atoms with Crippen molar-refractivity contribution in [2.24, 2.45) is 10.7 Å². The van der Waals surface area contributed by atoms with E-state index in [4.69, 9.17) is 10.5 Å². The fourth-order valence-electron chi connectivity index (χ4n) is 1.60. The summed E-state index contributed by atoms with van der Waals surface area (Å²) < 4.78 is 41.7. The van der Waals surface area contributed by atoms with Gasteiger partial charge >= 0.3 is 12.2 Å². The first kappa shape index (κ1) is 19.8. The van der Waals surface area contributed by atoms with Gasteiger partial charge in [-0.2, -0.15) is 18.2 Å². The third-order valence-corrected chi connectivity index (χ3v) is 3.58. The van der Waals surface area contributed by atoms with Crippen molar-refractivity contribution in [2.75, 3.05) is 24.2 Å². The van der Waals surface area contributed by atoms with Gasteiger partial charge in [-0.3, -0.25) is 5.10 Å². The van der Waals surface area contributed by atoms with E-state index in [1.807, 2.05) is 6.92 Å². The normalized spacial score (nSPS) is 12.2. The lowest BCUT2D eigenvalue weighted by Gasteiger charge is -2.08. The minimum Gasteiger partial charge on any atom is -0.463 e. The Balaban J connectivity index is 1.74. The Morgan fingerprint density at radius 1 is 1.42 bits per heavy atom. The van der Waals surface area contributed by atoms with Gasteiger partial charge in [0.25, 0.3) is 0 Å². The predicted molar refractivity (Wildman–Crippen MR) is 90.2 cm³/mol.